The lowest BCUT2D eigenvalue weighted by Gasteiger charge is -2.45. The molecule has 1 saturated carbocycles. The minimum atomic E-state index is -3.44. The molecule has 30 heavy (non-hydrogen) atoms. The number of rotatable bonds is 5. The molecule has 0 radical (unpaired) electrons. The quantitative estimate of drug-likeness (QED) is 0.719. The maximum atomic E-state index is 13.0. The third-order valence-electron chi connectivity index (χ3n) is 6.85. The van der Waals surface area contributed by atoms with Crippen molar-refractivity contribution in [1.82, 2.24) is 14.1 Å². The van der Waals surface area contributed by atoms with Crippen molar-refractivity contribution in [2.24, 2.45) is 5.92 Å². The summed E-state index contributed by atoms with van der Waals surface area (Å²) in [5.41, 5.74) is 0.868. The SMILES string of the molecule is O=C(CN1CCN(S(=O)(=O)/C=C/c2ccccc2)CC1)N1CCC[C@@H]2CCCC[C@H]21. The lowest BCUT2D eigenvalue weighted by Crippen LogP contribution is -2.55. The predicted octanol–water partition coefficient (Wildman–Crippen LogP) is 2.79. The van der Waals surface area contributed by atoms with Crippen molar-refractivity contribution in [1.29, 1.82) is 0 Å². The summed E-state index contributed by atoms with van der Waals surface area (Å²) in [5.74, 6) is 0.918. The molecule has 2 aliphatic heterocycles. The van der Waals surface area contributed by atoms with E-state index >= 15 is 0 Å². The van der Waals surface area contributed by atoms with Gasteiger partial charge in [-0.3, -0.25) is 9.69 Å². The number of benzene rings is 1. The van der Waals surface area contributed by atoms with Crippen LogP contribution in [0.4, 0.5) is 0 Å². The number of amides is 1. The first-order chi connectivity index (χ1) is 14.5. The van der Waals surface area contributed by atoms with Gasteiger partial charge in [-0.2, -0.15) is 4.31 Å². The summed E-state index contributed by atoms with van der Waals surface area (Å²) in [5, 5.41) is 1.29. The summed E-state index contributed by atoms with van der Waals surface area (Å²) in [4.78, 5) is 17.3. The largest absolute Gasteiger partial charge is 0.338 e. The van der Waals surface area contributed by atoms with Crippen molar-refractivity contribution < 1.29 is 13.2 Å². The molecule has 6 nitrogen and oxygen atoms in total. The van der Waals surface area contributed by atoms with E-state index in [0.717, 1.165) is 24.9 Å². The Bertz CT molecular complexity index is 846. The predicted molar refractivity (Wildman–Crippen MR) is 119 cm³/mol. The number of nitrogens with zero attached hydrogens (tertiary/aromatic N) is 3. The van der Waals surface area contributed by atoms with Gasteiger partial charge in [-0.25, -0.2) is 8.42 Å². The number of likely N-dealkylation sites (tertiary alicyclic amines) is 1. The van der Waals surface area contributed by atoms with E-state index in [1.165, 1.54) is 35.4 Å². The molecule has 0 bridgehead atoms. The Balaban J connectivity index is 1.29. The first kappa shape index (κ1) is 21.5. The van der Waals surface area contributed by atoms with Crippen LogP contribution in [0, 0.1) is 5.92 Å². The van der Waals surface area contributed by atoms with E-state index < -0.39 is 10.0 Å². The number of piperidine rings is 1. The average molecular weight is 432 g/mol. The van der Waals surface area contributed by atoms with Crippen molar-refractivity contribution in [2.45, 2.75) is 44.6 Å². The number of fused-ring (bicyclic) bond motifs is 1. The van der Waals surface area contributed by atoms with Crippen molar-refractivity contribution in [3.63, 3.8) is 0 Å². The molecule has 2 atom stereocenters. The molecule has 0 spiro atoms. The molecule has 2 saturated heterocycles. The monoisotopic (exact) mass is 431 g/mol. The van der Waals surface area contributed by atoms with Gasteiger partial charge in [0.05, 0.1) is 6.54 Å². The number of sulfonamides is 1. The second-order valence-electron chi connectivity index (χ2n) is 8.77. The smallest absolute Gasteiger partial charge is 0.237 e. The zero-order chi connectivity index (χ0) is 21.0. The van der Waals surface area contributed by atoms with Gasteiger partial charge in [0.25, 0.3) is 0 Å². The third kappa shape index (κ3) is 5.13. The number of carbonyl (C=O) groups is 1. The highest BCUT2D eigenvalue weighted by Gasteiger charge is 2.36. The Labute approximate surface area is 180 Å². The standard InChI is InChI=1S/C23H33N3O3S/c27-23(26-13-6-10-21-9-4-5-11-22(21)26)19-24-14-16-25(17-15-24)30(28,29)18-12-20-7-2-1-3-8-20/h1-3,7-8,12,18,21-22H,4-6,9-11,13-17,19H2/b18-12+/t21-,22+/m0/s1. The van der Waals surface area contributed by atoms with Crippen LogP contribution in [0.3, 0.4) is 0 Å². The van der Waals surface area contributed by atoms with E-state index in [1.807, 2.05) is 30.3 Å². The molecule has 1 amide bonds. The first-order valence-corrected chi connectivity index (χ1v) is 12.8. The second-order valence-corrected chi connectivity index (χ2v) is 10.6. The molecular weight excluding hydrogens is 398 g/mol. The zero-order valence-electron chi connectivity index (χ0n) is 17.7. The molecular formula is C23H33N3O3S. The minimum absolute atomic E-state index is 0.229. The minimum Gasteiger partial charge on any atom is -0.338 e. The van der Waals surface area contributed by atoms with Gasteiger partial charge in [-0.15, -0.1) is 0 Å². The summed E-state index contributed by atoms with van der Waals surface area (Å²) in [6.45, 7) is 3.37. The Morgan fingerprint density at radius 1 is 0.933 bits per heavy atom. The van der Waals surface area contributed by atoms with Gasteiger partial charge in [0.15, 0.2) is 0 Å². The van der Waals surface area contributed by atoms with Crippen molar-refractivity contribution >= 4 is 22.0 Å². The van der Waals surface area contributed by atoms with Crippen molar-refractivity contribution in [3.8, 4) is 0 Å². The van der Waals surface area contributed by atoms with Gasteiger partial charge in [-0.1, -0.05) is 43.2 Å². The summed E-state index contributed by atoms with van der Waals surface area (Å²) in [6, 6.07) is 9.88. The molecule has 3 fully saturated rings. The Morgan fingerprint density at radius 3 is 2.40 bits per heavy atom. The van der Waals surface area contributed by atoms with Crippen LogP contribution in [0.25, 0.3) is 6.08 Å². The summed E-state index contributed by atoms with van der Waals surface area (Å²) in [6.07, 6.45) is 8.98. The highest BCUT2D eigenvalue weighted by atomic mass is 32.2. The molecule has 0 unspecified atom stereocenters. The highest BCUT2D eigenvalue weighted by Crippen LogP contribution is 2.35. The maximum absolute atomic E-state index is 13.0. The lowest BCUT2D eigenvalue weighted by molar-refractivity contribution is -0.139. The molecule has 0 aromatic heterocycles. The molecule has 0 N–H and O–H groups in total. The van der Waals surface area contributed by atoms with E-state index in [2.05, 4.69) is 9.80 Å². The zero-order valence-corrected chi connectivity index (χ0v) is 18.5. The van der Waals surface area contributed by atoms with Gasteiger partial charge in [0, 0.05) is 44.2 Å². The van der Waals surface area contributed by atoms with Gasteiger partial charge in [0.1, 0.15) is 0 Å². The van der Waals surface area contributed by atoms with Crippen molar-refractivity contribution in [3.05, 3.63) is 41.3 Å². The Morgan fingerprint density at radius 2 is 1.63 bits per heavy atom. The maximum Gasteiger partial charge on any atom is 0.237 e. The normalized spacial score (nSPS) is 26.6. The summed E-state index contributed by atoms with van der Waals surface area (Å²) in [7, 11) is -3.44. The highest BCUT2D eigenvalue weighted by molar-refractivity contribution is 7.92. The van der Waals surface area contributed by atoms with Crippen LogP contribution >= 0.6 is 0 Å². The molecule has 4 rings (SSSR count). The fourth-order valence-electron chi connectivity index (χ4n) is 5.17. The Kier molecular flexibility index (Phi) is 6.91. The number of hydrogen-bond acceptors (Lipinski definition) is 4. The summed E-state index contributed by atoms with van der Waals surface area (Å²) >= 11 is 0. The van der Waals surface area contributed by atoms with E-state index in [9.17, 15) is 13.2 Å². The van der Waals surface area contributed by atoms with Crippen LogP contribution < -0.4 is 0 Å². The van der Waals surface area contributed by atoms with Crippen LogP contribution in [-0.4, -0.2) is 73.7 Å². The molecule has 2 heterocycles. The second kappa shape index (κ2) is 9.62. The van der Waals surface area contributed by atoms with Gasteiger partial charge >= 0.3 is 0 Å². The Hall–Kier alpha value is -1.70. The summed E-state index contributed by atoms with van der Waals surface area (Å²) < 4.78 is 26.8. The van der Waals surface area contributed by atoms with Gasteiger partial charge < -0.3 is 4.90 Å². The molecule has 1 aromatic rings. The number of carbonyl (C=O) groups excluding carboxylic acids is 1. The van der Waals surface area contributed by atoms with Gasteiger partial charge in [-0.05, 0) is 43.2 Å². The molecule has 1 aromatic carbocycles. The first-order valence-electron chi connectivity index (χ1n) is 11.3. The topological polar surface area (TPSA) is 60.9 Å². The van der Waals surface area contributed by atoms with Crippen molar-refractivity contribution in [2.75, 3.05) is 39.3 Å². The van der Waals surface area contributed by atoms with Gasteiger partial charge in [0.2, 0.25) is 15.9 Å². The lowest BCUT2D eigenvalue weighted by atomic mass is 9.78. The van der Waals surface area contributed by atoms with E-state index in [1.54, 1.807) is 6.08 Å². The van der Waals surface area contributed by atoms with Crippen LogP contribution in [0.5, 0.6) is 0 Å². The van der Waals surface area contributed by atoms with E-state index in [0.29, 0.717) is 44.7 Å². The van der Waals surface area contributed by atoms with Crippen LogP contribution in [-0.2, 0) is 14.8 Å². The molecule has 3 aliphatic rings. The van der Waals surface area contributed by atoms with E-state index in [-0.39, 0.29) is 5.91 Å². The molecule has 7 heteroatoms. The number of piperazine rings is 1. The average Bonchev–Trinajstić information content (AvgIpc) is 2.78. The fraction of sp³-hybridized carbons (Fsp3) is 0.609. The van der Waals surface area contributed by atoms with Crippen LogP contribution in [0.2, 0.25) is 0 Å². The molecule has 164 valence electrons. The van der Waals surface area contributed by atoms with Crippen LogP contribution in [0.1, 0.15) is 44.1 Å². The fourth-order valence-corrected chi connectivity index (χ4v) is 6.35. The molecule has 1 aliphatic carbocycles. The number of hydrogen-bond donors (Lipinski definition) is 0. The third-order valence-corrected chi connectivity index (χ3v) is 8.41. The van der Waals surface area contributed by atoms with Crippen LogP contribution in [0.15, 0.2) is 35.7 Å². The van der Waals surface area contributed by atoms with E-state index in [4.69, 9.17) is 0 Å².